The first-order valence-corrected chi connectivity index (χ1v) is 7.37. The highest BCUT2D eigenvalue weighted by Gasteiger charge is 2.29. The van der Waals surface area contributed by atoms with Crippen LogP contribution in [0.5, 0.6) is 0 Å². The van der Waals surface area contributed by atoms with E-state index >= 15 is 0 Å². The number of carbonyl (C=O) groups is 1. The minimum Gasteiger partial charge on any atom is -0.395 e. The monoisotopic (exact) mass is 264 g/mol. The van der Waals surface area contributed by atoms with E-state index in [1.165, 1.54) is 11.8 Å². The second-order valence-electron chi connectivity index (χ2n) is 5.54. The maximum Gasteiger partial charge on any atom is 0.191 e. The zero-order valence-corrected chi connectivity index (χ0v) is 12.8. The molecule has 0 radical (unpaired) electrons. The van der Waals surface area contributed by atoms with Crippen LogP contribution in [0, 0.1) is 5.92 Å². The van der Waals surface area contributed by atoms with Gasteiger partial charge in [-0.25, -0.2) is 0 Å². The van der Waals surface area contributed by atoms with Crippen molar-refractivity contribution < 1.29 is 9.90 Å². The van der Waals surface area contributed by atoms with Crippen LogP contribution in [0.4, 0.5) is 0 Å². The van der Waals surface area contributed by atoms with Gasteiger partial charge in [0.2, 0.25) is 0 Å². The standard InChI is InChI=1S/C12H24O2S2/c1-9(2)10(14)15-8-12(5,6)16-11(3,4)7-13/h9,13H,7-8H2,1-6H3. The van der Waals surface area contributed by atoms with E-state index in [1.807, 2.05) is 27.7 Å². The van der Waals surface area contributed by atoms with Gasteiger partial charge in [0, 0.05) is 21.2 Å². The fourth-order valence-corrected chi connectivity index (χ4v) is 4.02. The third-order valence-corrected chi connectivity index (χ3v) is 5.15. The highest BCUT2D eigenvalue weighted by molar-refractivity contribution is 8.14. The molecule has 0 fully saturated rings. The Hall–Kier alpha value is 0.330. The average Bonchev–Trinajstić information content (AvgIpc) is 2.12. The largest absolute Gasteiger partial charge is 0.395 e. The molecule has 96 valence electrons. The van der Waals surface area contributed by atoms with Gasteiger partial charge in [0.15, 0.2) is 5.12 Å². The summed E-state index contributed by atoms with van der Waals surface area (Å²) in [6, 6.07) is 0. The van der Waals surface area contributed by atoms with Gasteiger partial charge in [-0.15, -0.1) is 11.8 Å². The Kier molecular flexibility index (Phi) is 6.44. The topological polar surface area (TPSA) is 37.3 Å². The van der Waals surface area contributed by atoms with Crippen molar-refractivity contribution in [3.05, 3.63) is 0 Å². The van der Waals surface area contributed by atoms with Gasteiger partial charge in [0.1, 0.15) is 0 Å². The number of carbonyl (C=O) groups excluding carboxylic acids is 1. The summed E-state index contributed by atoms with van der Waals surface area (Å²) in [5, 5.41) is 9.47. The van der Waals surface area contributed by atoms with Crippen LogP contribution >= 0.6 is 23.5 Å². The summed E-state index contributed by atoms with van der Waals surface area (Å²) < 4.78 is -0.146. The van der Waals surface area contributed by atoms with E-state index in [4.69, 9.17) is 0 Å². The minimum absolute atomic E-state index is 0.00144. The zero-order chi connectivity index (χ0) is 13.0. The molecule has 0 atom stereocenters. The first kappa shape index (κ1) is 16.3. The van der Waals surface area contributed by atoms with Crippen LogP contribution in [-0.2, 0) is 4.79 Å². The molecule has 16 heavy (non-hydrogen) atoms. The van der Waals surface area contributed by atoms with Crippen molar-refractivity contribution in [2.24, 2.45) is 5.92 Å². The summed E-state index contributed by atoms with van der Waals surface area (Å²) in [5.41, 5.74) is 0. The first-order chi connectivity index (χ1) is 7.09. The molecule has 0 heterocycles. The lowest BCUT2D eigenvalue weighted by molar-refractivity contribution is -0.113. The van der Waals surface area contributed by atoms with Gasteiger partial charge in [-0.2, -0.15) is 0 Å². The van der Waals surface area contributed by atoms with E-state index < -0.39 is 0 Å². The van der Waals surface area contributed by atoms with E-state index in [2.05, 4.69) is 13.8 Å². The van der Waals surface area contributed by atoms with Crippen molar-refractivity contribution in [1.82, 2.24) is 0 Å². The molecule has 0 aliphatic heterocycles. The van der Waals surface area contributed by atoms with E-state index in [1.54, 1.807) is 11.8 Å². The third kappa shape index (κ3) is 6.81. The normalized spacial score (nSPS) is 13.2. The summed E-state index contributed by atoms with van der Waals surface area (Å²) in [5.74, 6) is 0.884. The summed E-state index contributed by atoms with van der Waals surface area (Å²) in [6.45, 7) is 12.3. The minimum atomic E-state index is -0.148. The first-order valence-electron chi connectivity index (χ1n) is 5.57. The van der Waals surface area contributed by atoms with Crippen molar-refractivity contribution in [3.63, 3.8) is 0 Å². The van der Waals surface area contributed by atoms with E-state index in [0.717, 1.165) is 5.75 Å². The van der Waals surface area contributed by atoms with E-state index in [0.29, 0.717) is 0 Å². The van der Waals surface area contributed by atoms with Gasteiger partial charge in [0.25, 0.3) is 0 Å². The molecule has 0 aromatic heterocycles. The molecular formula is C12H24O2S2. The summed E-state index contributed by atoms with van der Waals surface area (Å²) in [6.07, 6.45) is 0. The van der Waals surface area contributed by atoms with Crippen LogP contribution in [0.2, 0.25) is 0 Å². The van der Waals surface area contributed by atoms with Crippen molar-refractivity contribution >= 4 is 28.6 Å². The highest BCUT2D eigenvalue weighted by Crippen LogP contribution is 2.38. The summed E-state index contributed by atoms with van der Waals surface area (Å²) in [4.78, 5) is 11.5. The molecule has 0 aliphatic rings. The Morgan fingerprint density at radius 1 is 1.19 bits per heavy atom. The Morgan fingerprint density at radius 2 is 1.69 bits per heavy atom. The smallest absolute Gasteiger partial charge is 0.191 e. The Morgan fingerprint density at radius 3 is 2.06 bits per heavy atom. The van der Waals surface area contributed by atoms with Crippen molar-refractivity contribution in [1.29, 1.82) is 0 Å². The van der Waals surface area contributed by atoms with E-state index in [-0.39, 0.29) is 27.1 Å². The van der Waals surface area contributed by atoms with E-state index in [9.17, 15) is 9.90 Å². The number of aliphatic hydroxyl groups excluding tert-OH is 1. The molecule has 0 amide bonds. The Bertz CT molecular complexity index is 235. The molecule has 0 aliphatic carbocycles. The number of hydrogen-bond acceptors (Lipinski definition) is 4. The van der Waals surface area contributed by atoms with Crippen molar-refractivity contribution in [3.8, 4) is 0 Å². The van der Waals surface area contributed by atoms with Crippen LogP contribution in [-0.4, -0.2) is 32.1 Å². The van der Waals surface area contributed by atoms with Gasteiger partial charge < -0.3 is 5.11 Å². The Balaban J connectivity index is 4.20. The second kappa shape index (κ2) is 6.31. The molecule has 0 aromatic rings. The molecule has 0 bridgehead atoms. The van der Waals surface area contributed by atoms with Crippen LogP contribution in [0.25, 0.3) is 0 Å². The lowest BCUT2D eigenvalue weighted by Gasteiger charge is -2.33. The lowest BCUT2D eigenvalue weighted by atomic mass is 10.2. The number of aliphatic hydroxyl groups is 1. The van der Waals surface area contributed by atoms with Crippen molar-refractivity contribution in [2.45, 2.75) is 51.0 Å². The highest BCUT2D eigenvalue weighted by atomic mass is 32.2. The SMILES string of the molecule is CC(C)C(=O)SCC(C)(C)SC(C)(C)CO. The van der Waals surface area contributed by atoms with Gasteiger partial charge >= 0.3 is 0 Å². The molecule has 4 heteroatoms. The number of hydrogen-bond donors (Lipinski definition) is 1. The third-order valence-electron chi connectivity index (χ3n) is 1.97. The lowest BCUT2D eigenvalue weighted by Crippen LogP contribution is -2.31. The Labute approximate surface area is 108 Å². The molecular weight excluding hydrogens is 240 g/mol. The molecule has 0 saturated carbocycles. The quantitative estimate of drug-likeness (QED) is 0.799. The maximum atomic E-state index is 11.5. The molecule has 2 nitrogen and oxygen atoms in total. The van der Waals surface area contributed by atoms with Crippen molar-refractivity contribution in [2.75, 3.05) is 12.4 Å². The van der Waals surface area contributed by atoms with Crippen LogP contribution in [0.3, 0.4) is 0 Å². The van der Waals surface area contributed by atoms with Crippen LogP contribution in [0.15, 0.2) is 0 Å². The second-order valence-corrected chi connectivity index (χ2v) is 8.94. The number of thioether (sulfide) groups is 2. The molecule has 0 saturated heterocycles. The zero-order valence-electron chi connectivity index (χ0n) is 11.2. The van der Waals surface area contributed by atoms with Gasteiger partial charge in [-0.3, -0.25) is 4.79 Å². The van der Waals surface area contributed by atoms with Gasteiger partial charge in [-0.1, -0.05) is 25.6 Å². The molecule has 0 rings (SSSR count). The van der Waals surface area contributed by atoms with Gasteiger partial charge in [0.05, 0.1) is 6.61 Å². The van der Waals surface area contributed by atoms with Gasteiger partial charge in [-0.05, 0) is 27.7 Å². The molecule has 0 aromatic carbocycles. The maximum absolute atomic E-state index is 11.5. The molecule has 0 spiro atoms. The summed E-state index contributed by atoms with van der Waals surface area (Å²) in [7, 11) is 0. The molecule has 1 N–H and O–H groups in total. The number of rotatable bonds is 6. The fraction of sp³-hybridized carbons (Fsp3) is 0.917. The van der Waals surface area contributed by atoms with Crippen LogP contribution < -0.4 is 0 Å². The predicted octanol–water partition coefficient (Wildman–Crippen LogP) is 3.18. The summed E-state index contributed by atoms with van der Waals surface area (Å²) >= 11 is 3.14. The average molecular weight is 264 g/mol. The molecule has 0 unspecified atom stereocenters. The fourth-order valence-electron chi connectivity index (χ4n) is 1.22. The predicted molar refractivity (Wildman–Crippen MR) is 75.1 cm³/mol. The van der Waals surface area contributed by atoms with Crippen LogP contribution in [0.1, 0.15) is 41.5 Å².